The fourth-order valence-electron chi connectivity index (χ4n) is 2.49. The van der Waals surface area contributed by atoms with Gasteiger partial charge in [-0.15, -0.1) is 0 Å². The molecular formula is C14H27NO2. The molecule has 0 aliphatic heterocycles. The van der Waals surface area contributed by atoms with Gasteiger partial charge in [-0.2, -0.15) is 0 Å². The highest BCUT2D eigenvalue weighted by molar-refractivity contribution is 5.78. The highest BCUT2D eigenvalue weighted by Crippen LogP contribution is 2.22. The first kappa shape index (κ1) is 14.5. The molecule has 0 aromatic carbocycles. The fraction of sp³-hybridized carbons (Fsp3) is 0.929. The number of amides is 1. The van der Waals surface area contributed by atoms with Crippen LogP contribution in [0.1, 0.15) is 64.2 Å². The molecule has 0 saturated heterocycles. The first-order valence-corrected chi connectivity index (χ1v) is 7.23. The van der Waals surface area contributed by atoms with Crippen LogP contribution in [0.5, 0.6) is 0 Å². The Morgan fingerprint density at radius 3 is 2.29 bits per heavy atom. The molecule has 0 aromatic heterocycles. The second-order valence-electron chi connectivity index (χ2n) is 5.12. The van der Waals surface area contributed by atoms with Gasteiger partial charge in [0.1, 0.15) is 0 Å². The number of carbonyl (C=O) groups is 1. The van der Waals surface area contributed by atoms with Gasteiger partial charge in [0.15, 0.2) is 0 Å². The zero-order valence-corrected chi connectivity index (χ0v) is 10.9. The van der Waals surface area contributed by atoms with Crippen molar-refractivity contribution in [2.45, 2.75) is 64.2 Å². The van der Waals surface area contributed by atoms with Crippen LogP contribution in [-0.4, -0.2) is 24.2 Å². The van der Waals surface area contributed by atoms with Crippen molar-refractivity contribution in [1.82, 2.24) is 5.32 Å². The maximum Gasteiger partial charge on any atom is 0.223 e. The largest absolute Gasteiger partial charge is 0.396 e. The molecule has 0 radical (unpaired) electrons. The zero-order chi connectivity index (χ0) is 12.3. The number of nitrogens with one attached hydrogen (secondary N) is 1. The van der Waals surface area contributed by atoms with Crippen molar-refractivity contribution in [1.29, 1.82) is 0 Å². The molecule has 3 nitrogen and oxygen atoms in total. The molecule has 1 rings (SSSR count). The van der Waals surface area contributed by atoms with E-state index in [-0.39, 0.29) is 18.4 Å². The number of aliphatic hydroxyl groups excluding tert-OH is 1. The maximum atomic E-state index is 11.9. The lowest BCUT2D eigenvalue weighted by molar-refractivity contribution is -0.125. The van der Waals surface area contributed by atoms with E-state index >= 15 is 0 Å². The highest BCUT2D eigenvalue weighted by atomic mass is 16.2. The van der Waals surface area contributed by atoms with E-state index in [2.05, 4.69) is 5.32 Å². The summed E-state index contributed by atoms with van der Waals surface area (Å²) in [6.45, 7) is 1.09. The third-order valence-corrected chi connectivity index (χ3v) is 3.61. The van der Waals surface area contributed by atoms with Gasteiger partial charge in [-0.05, 0) is 25.7 Å². The Hall–Kier alpha value is -0.570. The van der Waals surface area contributed by atoms with Gasteiger partial charge in [0, 0.05) is 19.1 Å². The molecule has 0 spiro atoms. The van der Waals surface area contributed by atoms with E-state index < -0.39 is 0 Å². The summed E-state index contributed by atoms with van der Waals surface area (Å²) in [5, 5.41) is 11.7. The molecule has 1 amide bonds. The standard InChI is InChI=1S/C14H27NO2/c16-12-8-4-3-7-11-15-14(17)13-9-5-1-2-6-10-13/h13,16H,1-12H2,(H,15,17). The molecular weight excluding hydrogens is 214 g/mol. The molecule has 3 heteroatoms. The van der Waals surface area contributed by atoms with Crippen LogP contribution in [0.3, 0.4) is 0 Å². The fourth-order valence-corrected chi connectivity index (χ4v) is 2.49. The molecule has 1 aliphatic carbocycles. The van der Waals surface area contributed by atoms with Gasteiger partial charge >= 0.3 is 0 Å². The minimum absolute atomic E-state index is 0.272. The second-order valence-corrected chi connectivity index (χ2v) is 5.12. The summed E-state index contributed by atoms with van der Waals surface area (Å²) in [5.74, 6) is 0.545. The number of hydrogen-bond donors (Lipinski definition) is 2. The average Bonchev–Trinajstić information content (AvgIpc) is 2.62. The molecule has 0 unspecified atom stereocenters. The van der Waals surface area contributed by atoms with Crippen LogP contribution in [-0.2, 0) is 4.79 Å². The van der Waals surface area contributed by atoms with Crippen LogP contribution in [0.15, 0.2) is 0 Å². The van der Waals surface area contributed by atoms with Crippen molar-refractivity contribution in [3.8, 4) is 0 Å². The van der Waals surface area contributed by atoms with E-state index in [4.69, 9.17) is 5.11 Å². The number of unbranched alkanes of at least 4 members (excludes halogenated alkanes) is 3. The molecule has 0 bridgehead atoms. The first-order valence-electron chi connectivity index (χ1n) is 7.23. The second kappa shape index (κ2) is 9.46. The Morgan fingerprint density at radius 1 is 1.00 bits per heavy atom. The van der Waals surface area contributed by atoms with Crippen LogP contribution in [0.2, 0.25) is 0 Å². The van der Waals surface area contributed by atoms with Gasteiger partial charge in [0.05, 0.1) is 0 Å². The molecule has 1 aliphatic rings. The van der Waals surface area contributed by atoms with E-state index in [0.717, 1.165) is 45.1 Å². The normalized spacial score (nSPS) is 17.7. The minimum atomic E-state index is 0.272. The summed E-state index contributed by atoms with van der Waals surface area (Å²) in [5.41, 5.74) is 0. The van der Waals surface area contributed by atoms with Crippen molar-refractivity contribution in [2.75, 3.05) is 13.2 Å². The molecule has 100 valence electrons. The van der Waals surface area contributed by atoms with Crippen LogP contribution in [0.4, 0.5) is 0 Å². The third kappa shape index (κ3) is 6.67. The van der Waals surface area contributed by atoms with Gasteiger partial charge < -0.3 is 10.4 Å². The molecule has 17 heavy (non-hydrogen) atoms. The SMILES string of the molecule is O=C(NCCCCCCO)C1CCCCCC1. The Balaban J connectivity index is 2.03. The van der Waals surface area contributed by atoms with Crippen molar-refractivity contribution < 1.29 is 9.90 Å². The minimum Gasteiger partial charge on any atom is -0.396 e. The van der Waals surface area contributed by atoms with Gasteiger partial charge in [-0.3, -0.25) is 4.79 Å². The molecule has 0 atom stereocenters. The number of aliphatic hydroxyl groups is 1. The maximum absolute atomic E-state index is 11.9. The number of rotatable bonds is 7. The van der Waals surface area contributed by atoms with Gasteiger partial charge in [-0.25, -0.2) is 0 Å². The van der Waals surface area contributed by atoms with Crippen LogP contribution >= 0.6 is 0 Å². The smallest absolute Gasteiger partial charge is 0.223 e. The van der Waals surface area contributed by atoms with Gasteiger partial charge in [0.25, 0.3) is 0 Å². The lowest BCUT2D eigenvalue weighted by atomic mass is 9.99. The van der Waals surface area contributed by atoms with E-state index in [1.54, 1.807) is 0 Å². The Bertz CT molecular complexity index is 198. The van der Waals surface area contributed by atoms with E-state index in [9.17, 15) is 4.79 Å². The Morgan fingerprint density at radius 2 is 1.65 bits per heavy atom. The summed E-state index contributed by atoms with van der Waals surface area (Å²) in [6, 6.07) is 0. The van der Waals surface area contributed by atoms with Crippen molar-refractivity contribution >= 4 is 5.91 Å². The van der Waals surface area contributed by atoms with Gasteiger partial charge in [-0.1, -0.05) is 38.5 Å². The summed E-state index contributed by atoms with van der Waals surface area (Å²) < 4.78 is 0. The van der Waals surface area contributed by atoms with Crippen molar-refractivity contribution in [3.63, 3.8) is 0 Å². The molecule has 0 aromatic rings. The third-order valence-electron chi connectivity index (χ3n) is 3.61. The Kier molecular flexibility index (Phi) is 8.06. The Labute approximate surface area is 105 Å². The van der Waals surface area contributed by atoms with Crippen LogP contribution < -0.4 is 5.32 Å². The van der Waals surface area contributed by atoms with Crippen LogP contribution in [0, 0.1) is 5.92 Å². The lowest BCUT2D eigenvalue weighted by Gasteiger charge is -2.13. The zero-order valence-electron chi connectivity index (χ0n) is 10.9. The van der Waals surface area contributed by atoms with Gasteiger partial charge in [0.2, 0.25) is 5.91 Å². The topological polar surface area (TPSA) is 49.3 Å². The summed E-state index contributed by atoms with van der Waals surface area (Å²) in [4.78, 5) is 11.9. The van der Waals surface area contributed by atoms with Crippen LogP contribution in [0.25, 0.3) is 0 Å². The quantitative estimate of drug-likeness (QED) is 0.532. The predicted octanol–water partition coefficient (Wildman–Crippen LogP) is 2.63. The summed E-state index contributed by atoms with van der Waals surface area (Å²) >= 11 is 0. The lowest BCUT2D eigenvalue weighted by Crippen LogP contribution is -2.31. The highest BCUT2D eigenvalue weighted by Gasteiger charge is 2.19. The van der Waals surface area contributed by atoms with E-state index in [0.29, 0.717) is 0 Å². The van der Waals surface area contributed by atoms with Crippen molar-refractivity contribution in [3.05, 3.63) is 0 Å². The number of carbonyl (C=O) groups excluding carboxylic acids is 1. The number of hydrogen-bond acceptors (Lipinski definition) is 2. The summed E-state index contributed by atoms with van der Waals surface area (Å²) in [7, 11) is 0. The molecule has 1 saturated carbocycles. The summed E-state index contributed by atoms with van der Waals surface area (Å²) in [6.07, 6.45) is 11.3. The average molecular weight is 241 g/mol. The first-order chi connectivity index (χ1) is 8.34. The molecule has 2 N–H and O–H groups in total. The van der Waals surface area contributed by atoms with E-state index in [1.807, 2.05) is 0 Å². The predicted molar refractivity (Wildman–Crippen MR) is 69.8 cm³/mol. The monoisotopic (exact) mass is 241 g/mol. The van der Waals surface area contributed by atoms with Crippen molar-refractivity contribution in [2.24, 2.45) is 5.92 Å². The molecule has 1 fully saturated rings. The molecule has 0 heterocycles. The van der Waals surface area contributed by atoms with E-state index in [1.165, 1.54) is 25.7 Å².